The van der Waals surface area contributed by atoms with Gasteiger partial charge in [0.15, 0.2) is 5.69 Å². The van der Waals surface area contributed by atoms with E-state index in [2.05, 4.69) is 10.3 Å². The van der Waals surface area contributed by atoms with Crippen LogP contribution in [0.15, 0.2) is 41.8 Å². The van der Waals surface area contributed by atoms with Crippen molar-refractivity contribution in [2.45, 2.75) is 19.3 Å². The SMILES string of the molecule is COc1ccc2cc([C@H](C)C(=O)NCCc3nc(C(=O)O)cs3)ccc2c1. The first kappa shape index (κ1) is 18.8. The summed E-state index contributed by atoms with van der Waals surface area (Å²) >= 11 is 1.29. The van der Waals surface area contributed by atoms with Gasteiger partial charge in [0, 0.05) is 18.3 Å². The van der Waals surface area contributed by atoms with Crippen molar-refractivity contribution in [2.75, 3.05) is 13.7 Å². The average Bonchev–Trinajstić information content (AvgIpc) is 3.15. The highest BCUT2D eigenvalue weighted by molar-refractivity contribution is 7.09. The van der Waals surface area contributed by atoms with Gasteiger partial charge in [-0.3, -0.25) is 4.79 Å². The van der Waals surface area contributed by atoms with E-state index in [-0.39, 0.29) is 17.5 Å². The largest absolute Gasteiger partial charge is 0.497 e. The molecule has 0 aliphatic heterocycles. The van der Waals surface area contributed by atoms with Gasteiger partial charge in [0.1, 0.15) is 5.75 Å². The van der Waals surface area contributed by atoms with E-state index in [1.54, 1.807) is 7.11 Å². The predicted molar refractivity (Wildman–Crippen MR) is 105 cm³/mol. The Balaban J connectivity index is 1.60. The molecule has 3 rings (SSSR count). The molecule has 2 N–H and O–H groups in total. The lowest BCUT2D eigenvalue weighted by molar-refractivity contribution is -0.122. The first-order valence-electron chi connectivity index (χ1n) is 8.51. The number of hydrogen-bond donors (Lipinski definition) is 2. The van der Waals surface area contributed by atoms with Gasteiger partial charge in [-0.25, -0.2) is 9.78 Å². The standard InChI is InChI=1S/C20H20N2O4S/c1-12(13-3-4-15-10-16(26-2)6-5-14(15)9-13)19(23)21-8-7-18-22-17(11-27-18)20(24)25/h3-6,9-12H,7-8H2,1-2H3,(H,21,23)(H,24,25)/t12-/m0/s1. The lowest BCUT2D eigenvalue weighted by Crippen LogP contribution is -2.29. The van der Waals surface area contributed by atoms with Crippen molar-refractivity contribution >= 4 is 34.0 Å². The van der Waals surface area contributed by atoms with Gasteiger partial charge in [-0.2, -0.15) is 0 Å². The van der Waals surface area contributed by atoms with E-state index in [1.165, 1.54) is 16.7 Å². The Labute approximate surface area is 160 Å². The molecule has 1 heterocycles. The zero-order chi connectivity index (χ0) is 19.4. The molecule has 0 saturated carbocycles. The van der Waals surface area contributed by atoms with Gasteiger partial charge >= 0.3 is 5.97 Å². The fraction of sp³-hybridized carbons (Fsp3) is 0.250. The predicted octanol–water partition coefficient (Wildman–Crippen LogP) is 3.47. The molecule has 3 aromatic rings. The number of methoxy groups -OCH3 is 1. The number of rotatable bonds is 7. The minimum Gasteiger partial charge on any atom is -0.497 e. The van der Waals surface area contributed by atoms with Crippen molar-refractivity contribution in [1.29, 1.82) is 0 Å². The zero-order valence-corrected chi connectivity index (χ0v) is 15.9. The van der Waals surface area contributed by atoms with Crippen LogP contribution in [-0.2, 0) is 11.2 Å². The molecule has 0 spiro atoms. The summed E-state index contributed by atoms with van der Waals surface area (Å²) in [5, 5.41) is 16.1. The number of aromatic carboxylic acids is 1. The Morgan fingerprint density at radius 3 is 2.67 bits per heavy atom. The van der Waals surface area contributed by atoms with Crippen LogP contribution in [0.4, 0.5) is 0 Å². The number of aromatic nitrogens is 1. The molecule has 140 valence electrons. The van der Waals surface area contributed by atoms with Crippen LogP contribution in [0.5, 0.6) is 5.75 Å². The minimum absolute atomic E-state index is 0.0440. The lowest BCUT2D eigenvalue weighted by Gasteiger charge is -2.13. The molecule has 0 radical (unpaired) electrons. The summed E-state index contributed by atoms with van der Waals surface area (Å²) in [4.78, 5) is 27.3. The number of carboxylic acid groups (broad SMARTS) is 1. The Hall–Kier alpha value is -2.93. The first-order chi connectivity index (χ1) is 13.0. The van der Waals surface area contributed by atoms with Crippen LogP contribution in [0.3, 0.4) is 0 Å². The molecule has 0 unspecified atom stereocenters. The maximum Gasteiger partial charge on any atom is 0.355 e. The molecular formula is C20H20N2O4S. The number of nitrogens with zero attached hydrogens (tertiary/aromatic N) is 1. The number of carbonyl (C=O) groups excluding carboxylic acids is 1. The smallest absolute Gasteiger partial charge is 0.355 e. The van der Waals surface area contributed by atoms with E-state index in [1.807, 2.05) is 43.3 Å². The summed E-state index contributed by atoms with van der Waals surface area (Å²) in [5.41, 5.74) is 0.982. The molecule has 1 amide bonds. The number of fused-ring (bicyclic) bond motifs is 1. The van der Waals surface area contributed by atoms with Crippen LogP contribution in [-0.4, -0.2) is 35.6 Å². The molecule has 0 aliphatic carbocycles. The van der Waals surface area contributed by atoms with Crippen LogP contribution >= 0.6 is 11.3 Å². The van der Waals surface area contributed by atoms with Gasteiger partial charge in [-0.15, -0.1) is 11.3 Å². The van der Waals surface area contributed by atoms with Crippen LogP contribution < -0.4 is 10.1 Å². The highest BCUT2D eigenvalue weighted by Crippen LogP contribution is 2.25. The normalized spacial score (nSPS) is 11.9. The molecule has 6 nitrogen and oxygen atoms in total. The molecule has 2 aromatic carbocycles. The molecule has 7 heteroatoms. The van der Waals surface area contributed by atoms with E-state index in [0.29, 0.717) is 18.0 Å². The van der Waals surface area contributed by atoms with E-state index in [9.17, 15) is 9.59 Å². The van der Waals surface area contributed by atoms with Crippen LogP contribution in [0.2, 0.25) is 0 Å². The molecule has 1 atom stereocenters. The summed E-state index contributed by atoms with van der Waals surface area (Å²) in [7, 11) is 1.64. The number of amides is 1. The van der Waals surface area contributed by atoms with E-state index in [4.69, 9.17) is 9.84 Å². The highest BCUT2D eigenvalue weighted by atomic mass is 32.1. The maximum atomic E-state index is 12.4. The van der Waals surface area contributed by atoms with Gasteiger partial charge in [-0.05, 0) is 35.4 Å². The van der Waals surface area contributed by atoms with E-state index >= 15 is 0 Å². The van der Waals surface area contributed by atoms with Gasteiger partial charge in [0.2, 0.25) is 5.91 Å². The number of benzene rings is 2. The second-order valence-corrected chi connectivity index (χ2v) is 7.11. The number of carboxylic acids is 1. The van der Waals surface area contributed by atoms with Crippen LogP contribution in [0.1, 0.15) is 33.9 Å². The van der Waals surface area contributed by atoms with Gasteiger partial charge in [0.25, 0.3) is 0 Å². The van der Waals surface area contributed by atoms with Crippen molar-refractivity contribution in [1.82, 2.24) is 10.3 Å². The molecule has 0 aliphatic rings. The quantitative estimate of drug-likeness (QED) is 0.651. The summed E-state index contributed by atoms with van der Waals surface area (Å²) < 4.78 is 5.23. The Morgan fingerprint density at radius 1 is 1.22 bits per heavy atom. The fourth-order valence-corrected chi connectivity index (χ4v) is 3.53. The van der Waals surface area contributed by atoms with Crippen molar-refractivity contribution in [3.8, 4) is 5.75 Å². The number of nitrogens with one attached hydrogen (secondary N) is 1. The molecule has 1 aromatic heterocycles. The Bertz CT molecular complexity index is 983. The van der Waals surface area contributed by atoms with E-state index in [0.717, 1.165) is 22.1 Å². The van der Waals surface area contributed by atoms with Crippen molar-refractivity contribution in [3.63, 3.8) is 0 Å². The van der Waals surface area contributed by atoms with Gasteiger partial charge in [-0.1, -0.05) is 24.3 Å². The third-order valence-electron chi connectivity index (χ3n) is 4.37. The van der Waals surface area contributed by atoms with Crippen molar-refractivity contribution in [2.24, 2.45) is 0 Å². The first-order valence-corrected chi connectivity index (χ1v) is 9.39. The highest BCUT2D eigenvalue weighted by Gasteiger charge is 2.16. The second kappa shape index (κ2) is 8.18. The number of thiazole rings is 1. The summed E-state index contributed by atoms with van der Waals surface area (Å²) in [5.74, 6) is -0.599. The zero-order valence-electron chi connectivity index (χ0n) is 15.1. The summed E-state index contributed by atoms with van der Waals surface area (Å²) in [6.07, 6.45) is 0.508. The minimum atomic E-state index is -1.04. The lowest BCUT2D eigenvalue weighted by atomic mass is 9.97. The molecule has 0 saturated heterocycles. The molecular weight excluding hydrogens is 364 g/mol. The van der Waals surface area contributed by atoms with E-state index < -0.39 is 5.97 Å². The summed E-state index contributed by atoms with van der Waals surface area (Å²) in [6.45, 7) is 2.28. The van der Waals surface area contributed by atoms with Gasteiger partial charge in [0.05, 0.1) is 18.0 Å². The molecule has 0 bridgehead atoms. The Kier molecular flexibility index (Phi) is 5.71. The van der Waals surface area contributed by atoms with Gasteiger partial charge < -0.3 is 15.2 Å². The third-order valence-corrected chi connectivity index (χ3v) is 5.28. The molecule has 0 fully saturated rings. The van der Waals surface area contributed by atoms with Crippen LogP contribution in [0.25, 0.3) is 10.8 Å². The van der Waals surface area contributed by atoms with Crippen LogP contribution in [0, 0.1) is 0 Å². The Morgan fingerprint density at radius 2 is 1.96 bits per heavy atom. The topological polar surface area (TPSA) is 88.5 Å². The number of ether oxygens (including phenoxy) is 1. The van der Waals surface area contributed by atoms with Crippen molar-refractivity contribution < 1.29 is 19.4 Å². The summed E-state index contributed by atoms with van der Waals surface area (Å²) in [6, 6.07) is 11.8. The number of hydrogen-bond acceptors (Lipinski definition) is 5. The second-order valence-electron chi connectivity index (χ2n) is 6.17. The van der Waals surface area contributed by atoms with Crippen molar-refractivity contribution in [3.05, 3.63) is 58.0 Å². The average molecular weight is 384 g/mol. The fourth-order valence-electron chi connectivity index (χ4n) is 2.76. The third kappa shape index (κ3) is 4.43. The molecule has 27 heavy (non-hydrogen) atoms. The number of carbonyl (C=O) groups is 2. The monoisotopic (exact) mass is 384 g/mol. The maximum absolute atomic E-state index is 12.4.